The largest absolute Gasteiger partial charge is 0.378 e. The van der Waals surface area contributed by atoms with Crippen LogP contribution in [0.5, 0.6) is 0 Å². The van der Waals surface area contributed by atoms with Gasteiger partial charge in [0.1, 0.15) is 5.82 Å². The molecule has 19 heavy (non-hydrogen) atoms. The Balaban J connectivity index is 1.93. The Morgan fingerprint density at radius 3 is 2.63 bits per heavy atom. The molecule has 7 heteroatoms. The molecule has 0 amide bonds. The summed E-state index contributed by atoms with van der Waals surface area (Å²) in [5.74, 6) is 0.441. The van der Waals surface area contributed by atoms with Crippen LogP contribution in [0.1, 0.15) is 5.56 Å². The number of rotatable bonds is 5. The molecule has 2 aromatic rings. The molecule has 0 aliphatic heterocycles. The molecule has 0 saturated carbocycles. The van der Waals surface area contributed by atoms with Crippen LogP contribution in [-0.4, -0.2) is 21.4 Å². The summed E-state index contributed by atoms with van der Waals surface area (Å²) in [7, 11) is 0. The fourth-order valence-corrected chi connectivity index (χ4v) is 1.60. The van der Waals surface area contributed by atoms with Crippen molar-refractivity contribution in [2.75, 3.05) is 17.6 Å². The molecule has 0 aliphatic carbocycles. The number of hydrogen-bond donors (Lipinski definition) is 2. The molecule has 2 heterocycles. The molecule has 3 N–H and O–H groups in total. The molecule has 0 aliphatic rings. The first-order valence-electron chi connectivity index (χ1n) is 5.70. The second-order valence-electron chi connectivity index (χ2n) is 3.89. The van der Waals surface area contributed by atoms with Gasteiger partial charge in [0.15, 0.2) is 0 Å². The van der Waals surface area contributed by atoms with Crippen molar-refractivity contribution >= 4 is 17.3 Å². The topological polar surface area (TPSA) is 107 Å². The van der Waals surface area contributed by atoms with E-state index >= 15 is 0 Å². The second-order valence-corrected chi connectivity index (χ2v) is 3.89. The summed E-state index contributed by atoms with van der Waals surface area (Å²) in [4.78, 5) is 17.9. The molecule has 0 aromatic carbocycles. The first kappa shape index (κ1) is 12.7. The van der Waals surface area contributed by atoms with Crippen LogP contribution in [0.2, 0.25) is 0 Å². The van der Waals surface area contributed by atoms with E-state index in [1.165, 1.54) is 6.07 Å². The highest BCUT2D eigenvalue weighted by Gasteiger charge is 2.12. The lowest BCUT2D eigenvalue weighted by Crippen LogP contribution is -2.08. The number of nitrogens with zero attached hydrogens (tertiary/aromatic N) is 3. The van der Waals surface area contributed by atoms with E-state index in [0.717, 1.165) is 12.0 Å². The maximum atomic E-state index is 10.6. The number of pyridine rings is 2. The summed E-state index contributed by atoms with van der Waals surface area (Å²) in [6.07, 6.45) is 4.27. The van der Waals surface area contributed by atoms with Crippen molar-refractivity contribution in [2.24, 2.45) is 0 Å². The highest BCUT2D eigenvalue weighted by molar-refractivity contribution is 5.57. The zero-order chi connectivity index (χ0) is 13.7. The van der Waals surface area contributed by atoms with E-state index in [0.29, 0.717) is 12.4 Å². The first-order chi connectivity index (χ1) is 9.16. The third-order valence-electron chi connectivity index (χ3n) is 2.57. The first-order valence-corrected chi connectivity index (χ1v) is 5.70. The van der Waals surface area contributed by atoms with Crippen molar-refractivity contribution < 1.29 is 4.92 Å². The predicted molar refractivity (Wildman–Crippen MR) is 71.7 cm³/mol. The van der Waals surface area contributed by atoms with E-state index < -0.39 is 4.92 Å². The van der Waals surface area contributed by atoms with Crippen molar-refractivity contribution in [1.29, 1.82) is 0 Å². The average Bonchev–Trinajstić information content (AvgIpc) is 2.39. The van der Waals surface area contributed by atoms with Crippen molar-refractivity contribution in [3.8, 4) is 0 Å². The third kappa shape index (κ3) is 3.38. The number of nitrogen functional groups attached to an aromatic ring is 1. The van der Waals surface area contributed by atoms with Gasteiger partial charge in [-0.2, -0.15) is 0 Å². The fraction of sp³-hybridized carbons (Fsp3) is 0.167. The Bertz CT molecular complexity index is 574. The highest BCUT2D eigenvalue weighted by Crippen LogP contribution is 2.20. The number of nitro groups is 1. The molecular formula is C12H13N5O2. The number of hydrogen-bond acceptors (Lipinski definition) is 6. The normalized spacial score (nSPS) is 10.1. The van der Waals surface area contributed by atoms with Crippen LogP contribution in [0, 0.1) is 10.1 Å². The third-order valence-corrected chi connectivity index (χ3v) is 2.57. The van der Waals surface area contributed by atoms with Gasteiger partial charge in [-0.1, -0.05) is 0 Å². The molecule has 7 nitrogen and oxygen atoms in total. The van der Waals surface area contributed by atoms with E-state index in [4.69, 9.17) is 5.73 Å². The SMILES string of the molecule is Nc1nc(NCCc2ccncc2)ccc1[N+](=O)[O-]. The van der Waals surface area contributed by atoms with Crippen molar-refractivity contribution in [1.82, 2.24) is 9.97 Å². The zero-order valence-electron chi connectivity index (χ0n) is 10.1. The van der Waals surface area contributed by atoms with E-state index in [1.54, 1.807) is 18.5 Å². The van der Waals surface area contributed by atoms with Crippen molar-refractivity contribution in [2.45, 2.75) is 6.42 Å². The van der Waals surface area contributed by atoms with Crippen LogP contribution in [0.3, 0.4) is 0 Å². The molecule has 0 spiro atoms. The lowest BCUT2D eigenvalue weighted by Gasteiger charge is -2.06. The van der Waals surface area contributed by atoms with Crippen molar-refractivity contribution in [3.63, 3.8) is 0 Å². The molecule has 0 unspecified atom stereocenters. The molecule has 98 valence electrons. The smallest absolute Gasteiger partial charge is 0.311 e. The number of aromatic nitrogens is 2. The van der Waals surface area contributed by atoms with Crippen LogP contribution in [0.25, 0.3) is 0 Å². The summed E-state index contributed by atoms with van der Waals surface area (Å²) in [6, 6.07) is 6.75. The average molecular weight is 259 g/mol. The van der Waals surface area contributed by atoms with Gasteiger partial charge < -0.3 is 11.1 Å². The number of anilines is 2. The van der Waals surface area contributed by atoms with Crippen molar-refractivity contribution in [3.05, 3.63) is 52.3 Å². The molecule has 2 rings (SSSR count). The Kier molecular flexibility index (Phi) is 3.87. The Labute approximate surface area is 109 Å². The second kappa shape index (κ2) is 5.76. The predicted octanol–water partition coefficient (Wildman–Crippen LogP) is 1.62. The standard InChI is InChI=1S/C12H13N5O2/c13-12-10(17(18)19)1-2-11(16-12)15-8-5-9-3-6-14-7-4-9/h1-4,6-7H,5,8H2,(H3,13,15,16). The summed E-state index contributed by atoms with van der Waals surface area (Å²) in [5, 5.41) is 13.7. The van der Waals surface area contributed by atoms with Crippen LogP contribution in [0.4, 0.5) is 17.3 Å². The zero-order valence-corrected chi connectivity index (χ0v) is 10.1. The Hall–Kier alpha value is -2.70. The van der Waals surface area contributed by atoms with Gasteiger partial charge >= 0.3 is 5.69 Å². The maximum Gasteiger partial charge on any atom is 0.311 e. The summed E-state index contributed by atoms with van der Waals surface area (Å²) in [5.41, 5.74) is 6.47. The van der Waals surface area contributed by atoms with Crippen LogP contribution in [0.15, 0.2) is 36.7 Å². The molecular weight excluding hydrogens is 246 g/mol. The minimum absolute atomic E-state index is 0.0843. The molecule has 2 aromatic heterocycles. The lowest BCUT2D eigenvalue weighted by atomic mass is 10.2. The minimum atomic E-state index is -0.552. The Morgan fingerprint density at radius 2 is 2.00 bits per heavy atom. The van der Waals surface area contributed by atoms with Gasteiger partial charge in [0.05, 0.1) is 4.92 Å². The molecule has 0 fully saturated rings. The highest BCUT2D eigenvalue weighted by atomic mass is 16.6. The molecule has 0 bridgehead atoms. The summed E-state index contributed by atoms with van der Waals surface area (Å²) in [6.45, 7) is 0.661. The van der Waals surface area contributed by atoms with Crippen LogP contribution < -0.4 is 11.1 Å². The Morgan fingerprint density at radius 1 is 1.26 bits per heavy atom. The van der Waals surface area contributed by atoms with E-state index in [-0.39, 0.29) is 11.5 Å². The van der Waals surface area contributed by atoms with Gasteiger partial charge in [0, 0.05) is 25.0 Å². The van der Waals surface area contributed by atoms with E-state index in [9.17, 15) is 10.1 Å². The quantitative estimate of drug-likeness (QED) is 0.624. The summed E-state index contributed by atoms with van der Waals surface area (Å²) < 4.78 is 0. The van der Waals surface area contributed by atoms with Crippen LogP contribution >= 0.6 is 0 Å². The summed E-state index contributed by atoms with van der Waals surface area (Å²) >= 11 is 0. The van der Waals surface area contributed by atoms with Gasteiger partial charge in [-0.15, -0.1) is 0 Å². The monoisotopic (exact) mass is 259 g/mol. The maximum absolute atomic E-state index is 10.6. The van der Waals surface area contributed by atoms with Gasteiger partial charge in [-0.25, -0.2) is 4.98 Å². The van der Waals surface area contributed by atoms with E-state index in [2.05, 4.69) is 15.3 Å². The fourth-order valence-electron chi connectivity index (χ4n) is 1.60. The van der Waals surface area contributed by atoms with Crippen LogP contribution in [-0.2, 0) is 6.42 Å². The number of nitrogens with one attached hydrogen (secondary N) is 1. The van der Waals surface area contributed by atoms with E-state index in [1.807, 2.05) is 12.1 Å². The van der Waals surface area contributed by atoms with Gasteiger partial charge in [0.25, 0.3) is 0 Å². The number of nitrogens with two attached hydrogens (primary N) is 1. The molecule has 0 saturated heterocycles. The molecule has 0 radical (unpaired) electrons. The lowest BCUT2D eigenvalue weighted by molar-refractivity contribution is -0.384. The van der Waals surface area contributed by atoms with Gasteiger partial charge in [0.2, 0.25) is 5.82 Å². The minimum Gasteiger partial charge on any atom is -0.378 e. The van der Waals surface area contributed by atoms with Gasteiger partial charge in [-0.05, 0) is 30.2 Å². The van der Waals surface area contributed by atoms with Gasteiger partial charge in [-0.3, -0.25) is 15.1 Å². The molecule has 0 atom stereocenters.